The van der Waals surface area contributed by atoms with E-state index in [0.29, 0.717) is 33.9 Å². The molecule has 1 amide bonds. The molecular weight excluding hydrogens is 288 g/mol. The molecule has 1 aliphatic carbocycles. The monoisotopic (exact) mass is 302 g/mol. The number of hydrogen-bond acceptors (Lipinski definition) is 3. The first-order valence-corrected chi connectivity index (χ1v) is 7.51. The Morgan fingerprint density at radius 2 is 2.14 bits per heavy atom. The zero-order valence-corrected chi connectivity index (χ0v) is 12.1. The van der Waals surface area contributed by atoms with Crippen molar-refractivity contribution in [3.63, 3.8) is 0 Å². The Balaban J connectivity index is 1.66. The summed E-state index contributed by atoms with van der Waals surface area (Å²) in [5, 5.41) is 10.6. The molecule has 2 aliphatic rings. The number of carbonyl (C=O) groups excluding carboxylic acids is 1. The normalized spacial score (nSPS) is 27.0. The van der Waals surface area contributed by atoms with Crippen LogP contribution in [0, 0.1) is 17.8 Å². The van der Waals surface area contributed by atoms with Crippen LogP contribution in [0.15, 0.2) is 30.5 Å². The second-order valence-corrected chi connectivity index (χ2v) is 6.35. The molecule has 0 radical (unpaired) electrons. The van der Waals surface area contributed by atoms with Crippen molar-refractivity contribution in [3.8, 4) is 0 Å². The standard InChI is InChI=1S/C16H15ClN2O2/c17-10-4-9-2-1-3-18-15(9)11(5-10)16(21)19-6-12-13(7-19)14(12)8-20/h1-5,12-14,20H,6-8H2/t12-,13+,14?. The number of carbonyl (C=O) groups is 1. The molecule has 4 nitrogen and oxygen atoms in total. The number of likely N-dealkylation sites (tertiary alicyclic amines) is 1. The zero-order valence-electron chi connectivity index (χ0n) is 11.4. The topological polar surface area (TPSA) is 53.4 Å². The van der Waals surface area contributed by atoms with E-state index >= 15 is 0 Å². The lowest BCUT2D eigenvalue weighted by Gasteiger charge is -2.20. The molecule has 1 saturated carbocycles. The maximum Gasteiger partial charge on any atom is 0.256 e. The van der Waals surface area contributed by atoms with E-state index in [1.54, 1.807) is 12.3 Å². The average molecular weight is 303 g/mol. The van der Waals surface area contributed by atoms with Crippen LogP contribution in [0.3, 0.4) is 0 Å². The van der Waals surface area contributed by atoms with Gasteiger partial charge in [-0.25, -0.2) is 0 Å². The Morgan fingerprint density at radius 1 is 1.38 bits per heavy atom. The quantitative estimate of drug-likeness (QED) is 0.925. The van der Waals surface area contributed by atoms with Gasteiger partial charge in [0.25, 0.3) is 5.91 Å². The first-order valence-electron chi connectivity index (χ1n) is 7.13. The largest absolute Gasteiger partial charge is 0.396 e. The molecular formula is C16H15ClN2O2. The summed E-state index contributed by atoms with van der Waals surface area (Å²) in [7, 11) is 0. The SMILES string of the molecule is O=C(c1cc(Cl)cc2cccnc12)N1C[C@@H]2C(CO)[C@@H]2C1. The number of rotatable bonds is 2. The van der Waals surface area contributed by atoms with Gasteiger partial charge in [0, 0.05) is 36.3 Å². The number of halogens is 1. The number of fused-ring (bicyclic) bond motifs is 2. The molecule has 1 unspecified atom stereocenters. The first-order chi connectivity index (χ1) is 10.2. The highest BCUT2D eigenvalue weighted by molar-refractivity contribution is 6.32. The van der Waals surface area contributed by atoms with E-state index in [9.17, 15) is 9.90 Å². The number of aliphatic hydroxyl groups excluding tert-OH is 1. The van der Waals surface area contributed by atoms with Gasteiger partial charge in [0.05, 0.1) is 11.1 Å². The minimum atomic E-state index is -0.00918. The number of aliphatic hydroxyl groups is 1. The maximum absolute atomic E-state index is 12.7. The molecule has 5 heteroatoms. The van der Waals surface area contributed by atoms with E-state index < -0.39 is 0 Å². The molecule has 0 bridgehead atoms. The summed E-state index contributed by atoms with van der Waals surface area (Å²) in [4.78, 5) is 18.9. The van der Waals surface area contributed by atoms with Crippen LogP contribution >= 0.6 is 11.6 Å². The van der Waals surface area contributed by atoms with E-state index in [4.69, 9.17) is 11.6 Å². The van der Waals surface area contributed by atoms with Crippen LogP contribution in [0.2, 0.25) is 5.02 Å². The maximum atomic E-state index is 12.7. The molecule has 4 rings (SSSR count). The molecule has 1 saturated heterocycles. The number of benzene rings is 1. The third-order valence-corrected chi connectivity index (χ3v) is 4.99. The molecule has 3 atom stereocenters. The van der Waals surface area contributed by atoms with Crippen molar-refractivity contribution in [1.82, 2.24) is 9.88 Å². The molecule has 2 heterocycles. The fraction of sp³-hybridized carbons (Fsp3) is 0.375. The van der Waals surface area contributed by atoms with Crippen LogP contribution in [0.4, 0.5) is 0 Å². The van der Waals surface area contributed by atoms with E-state index in [-0.39, 0.29) is 12.5 Å². The van der Waals surface area contributed by atoms with Gasteiger partial charge in [-0.1, -0.05) is 17.7 Å². The number of nitrogens with zero attached hydrogens (tertiary/aromatic N) is 2. The molecule has 108 valence electrons. The van der Waals surface area contributed by atoms with E-state index in [1.807, 2.05) is 23.1 Å². The Labute approximate surface area is 127 Å². The van der Waals surface area contributed by atoms with E-state index in [0.717, 1.165) is 18.5 Å². The number of piperidine rings is 1. The van der Waals surface area contributed by atoms with Crippen LogP contribution in [-0.2, 0) is 0 Å². The lowest BCUT2D eigenvalue weighted by atomic mass is 10.1. The van der Waals surface area contributed by atoms with Crippen LogP contribution in [-0.4, -0.2) is 40.6 Å². The Hall–Kier alpha value is -1.65. The van der Waals surface area contributed by atoms with Crippen molar-refractivity contribution in [2.24, 2.45) is 17.8 Å². The zero-order chi connectivity index (χ0) is 14.6. The van der Waals surface area contributed by atoms with Gasteiger partial charge in [0.1, 0.15) is 0 Å². The second kappa shape index (κ2) is 4.68. The molecule has 1 aromatic carbocycles. The number of hydrogen-bond donors (Lipinski definition) is 1. The van der Waals surface area contributed by atoms with Gasteiger partial charge in [0.2, 0.25) is 0 Å². The van der Waals surface area contributed by atoms with Gasteiger partial charge in [0.15, 0.2) is 0 Å². The molecule has 1 N–H and O–H groups in total. The van der Waals surface area contributed by atoms with Crippen LogP contribution in [0.1, 0.15) is 10.4 Å². The molecule has 2 aromatic rings. The summed E-state index contributed by atoms with van der Waals surface area (Å²) >= 11 is 6.13. The van der Waals surface area contributed by atoms with Gasteiger partial charge < -0.3 is 10.0 Å². The fourth-order valence-electron chi connectivity index (χ4n) is 3.58. The Bertz CT molecular complexity index is 721. The van der Waals surface area contributed by atoms with Crippen molar-refractivity contribution in [1.29, 1.82) is 0 Å². The highest BCUT2D eigenvalue weighted by Crippen LogP contribution is 2.51. The lowest BCUT2D eigenvalue weighted by molar-refractivity contribution is 0.0762. The summed E-state index contributed by atoms with van der Waals surface area (Å²) in [6, 6.07) is 7.27. The van der Waals surface area contributed by atoms with Crippen molar-refractivity contribution in [2.75, 3.05) is 19.7 Å². The Morgan fingerprint density at radius 3 is 2.86 bits per heavy atom. The van der Waals surface area contributed by atoms with E-state index in [1.165, 1.54) is 0 Å². The Kier molecular flexibility index (Phi) is 2.91. The molecule has 1 aromatic heterocycles. The van der Waals surface area contributed by atoms with Crippen molar-refractivity contribution >= 4 is 28.4 Å². The van der Waals surface area contributed by atoms with Gasteiger partial charge in [-0.15, -0.1) is 0 Å². The third kappa shape index (κ3) is 2.01. The summed E-state index contributed by atoms with van der Waals surface area (Å²) < 4.78 is 0. The predicted molar refractivity (Wildman–Crippen MR) is 80.2 cm³/mol. The average Bonchev–Trinajstić information content (AvgIpc) is 2.96. The first kappa shape index (κ1) is 13.0. The van der Waals surface area contributed by atoms with Crippen molar-refractivity contribution in [2.45, 2.75) is 0 Å². The highest BCUT2D eigenvalue weighted by atomic mass is 35.5. The smallest absolute Gasteiger partial charge is 0.256 e. The molecule has 0 spiro atoms. The van der Waals surface area contributed by atoms with Crippen molar-refractivity contribution in [3.05, 3.63) is 41.0 Å². The number of amides is 1. The fourth-order valence-corrected chi connectivity index (χ4v) is 3.80. The summed E-state index contributed by atoms with van der Waals surface area (Å²) in [6.07, 6.45) is 1.69. The van der Waals surface area contributed by atoms with Gasteiger partial charge in [-0.2, -0.15) is 0 Å². The van der Waals surface area contributed by atoms with Gasteiger partial charge in [-0.3, -0.25) is 9.78 Å². The summed E-state index contributed by atoms with van der Waals surface area (Å²) in [6.45, 7) is 1.70. The van der Waals surface area contributed by atoms with Crippen molar-refractivity contribution < 1.29 is 9.90 Å². The minimum absolute atomic E-state index is 0.00918. The van der Waals surface area contributed by atoms with E-state index in [2.05, 4.69) is 4.98 Å². The highest BCUT2D eigenvalue weighted by Gasteiger charge is 2.56. The predicted octanol–water partition coefficient (Wildman–Crippen LogP) is 2.20. The van der Waals surface area contributed by atoms with Crippen LogP contribution in [0.25, 0.3) is 10.9 Å². The number of aromatic nitrogens is 1. The third-order valence-electron chi connectivity index (χ3n) is 4.77. The van der Waals surface area contributed by atoms with Gasteiger partial charge in [-0.05, 0) is 36.0 Å². The minimum Gasteiger partial charge on any atom is -0.396 e. The van der Waals surface area contributed by atoms with Crippen LogP contribution in [0.5, 0.6) is 0 Å². The summed E-state index contributed by atoms with van der Waals surface area (Å²) in [5.41, 5.74) is 1.27. The number of pyridine rings is 1. The lowest BCUT2D eigenvalue weighted by Crippen LogP contribution is -2.32. The molecule has 2 fully saturated rings. The molecule has 1 aliphatic heterocycles. The second-order valence-electron chi connectivity index (χ2n) is 5.91. The summed E-state index contributed by atoms with van der Waals surface area (Å²) in [5.74, 6) is 1.32. The molecule has 21 heavy (non-hydrogen) atoms. The van der Waals surface area contributed by atoms with Gasteiger partial charge >= 0.3 is 0 Å². The van der Waals surface area contributed by atoms with Crippen LogP contribution < -0.4 is 0 Å².